The van der Waals surface area contributed by atoms with E-state index in [1.807, 2.05) is 0 Å². The van der Waals surface area contributed by atoms with Crippen LogP contribution in [-0.4, -0.2) is 11.2 Å². The van der Waals surface area contributed by atoms with Gasteiger partial charge < -0.3 is 9.30 Å². The van der Waals surface area contributed by atoms with Crippen molar-refractivity contribution in [2.45, 2.75) is 20.0 Å². The first kappa shape index (κ1) is 6.92. The van der Waals surface area contributed by atoms with Gasteiger partial charge in [-0.25, -0.2) is 0 Å². The number of nitrogens with zero attached hydrogens (tertiary/aromatic N) is 1. The van der Waals surface area contributed by atoms with Crippen molar-refractivity contribution in [3.63, 3.8) is 0 Å². The summed E-state index contributed by atoms with van der Waals surface area (Å²) >= 11 is 0. The van der Waals surface area contributed by atoms with Crippen LogP contribution in [0, 0.1) is 13.8 Å². The number of aryl methyl sites for hydroxylation is 1. The number of aromatic nitrogens is 1. The molecule has 2 heteroatoms. The van der Waals surface area contributed by atoms with Gasteiger partial charge in [0.05, 0.1) is 6.61 Å². The number of hydrogen-bond donors (Lipinski definition) is 0. The van der Waals surface area contributed by atoms with Gasteiger partial charge in [0.2, 0.25) is 0 Å². The molecule has 1 fully saturated rings. The molecule has 0 N–H and O–H groups in total. The molecule has 0 bridgehead atoms. The molecule has 2 rings (SSSR count). The molecule has 0 radical (unpaired) electrons. The molecule has 0 saturated carbocycles. The second kappa shape index (κ2) is 2.11. The Morgan fingerprint density at radius 3 is 2.55 bits per heavy atom. The number of hydrogen-bond acceptors (Lipinski definition) is 1. The summed E-state index contributed by atoms with van der Waals surface area (Å²) in [4.78, 5) is 0. The predicted molar refractivity (Wildman–Crippen MR) is 43.6 cm³/mol. The number of epoxide rings is 1. The van der Waals surface area contributed by atoms with Gasteiger partial charge in [-0.1, -0.05) is 0 Å². The van der Waals surface area contributed by atoms with Gasteiger partial charge in [-0.15, -0.1) is 0 Å². The van der Waals surface area contributed by atoms with Crippen LogP contribution in [-0.2, 0) is 11.8 Å². The minimum absolute atomic E-state index is 0.398. The van der Waals surface area contributed by atoms with Gasteiger partial charge in [0.15, 0.2) is 0 Å². The second-order valence-electron chi connectivity index (χ2n) is 3.21. The first-order chi connectivity index (χ1) is 5.20. The van der Waals surface area contributed by atoms with Gasteiger partial charge >= 0.3 is 0 Å². The molecule has 1 aliphatic rings. The number of ether oxygens (including phenoxy) is 1. The van der Waals surface area contributed by atoms with Crippen LogP contribution in [0.2, 0.25) is 0 Å². The summed E-state index contributed by atoms with van der Waals surface area (Å²) in [5.41, 5.74) is 4.02. The molecule has 1 aromatic heterocycles. The Morgan fingerprint density at radius 2 is 2.18 bits per heavy atom. The van der Waals surface area contributed by atoms with Crippen LogP contribution in [0.3, 0.4) is 0 Å². The Morgan fingerprint density at radius 1 is 1.55 bits per heavy atom. The van der Waals surface area contributed by atoms with Crippen molar-refractivity contribution < 1.29 is 4.74 Å². The fourth-order valence-electron chi connectivity index (χ4n) is 1.44. The third-order valence-corrected chi connectivity index (χ3v) is 2.49. The quantitative estimate of drug-likeness (QED) is 0.558. The topological polar surface area (TPSA) is 17.5 Å². The van der Waals surface area contributed by atoms with Crippen molar-refractivity contribution in [1.82, 2.24) is 4.57 Å². The van der Waals surface area contributed by atoms with Gasteiger partial charge in [0.25, 0.3) is 0 Å². The van der Waals surface area contributed by atoms with Crippen molar-refractivity contribution in [2.24, 2.45) is 7.05 Å². The maximum Gasteiger partial charge on any atom is 0.108 e. The molecule has 2 nitrogen and oxygen atoms in total. The highest BCUT2D eigenvalue weighted by atomic mass is 16.6. The minimum atomic E-state index is 0.398. The van der Waals surface area contributed by atoms with E-state index < -0.39 is 0 Å². The lowest BCUT2D eigenvalue weighted by Crippen LogP contribution is -1.93. The molecular weight excluding hydrogens is 138 g/mol. The molecule has 1 aromatic rings. The van der Waals surface area contributed by atoms with Crippen LogP contribution in [0.25, 0.3) is 0 Å². The molecule has 0 unspecified atom stereocenters. The van der Waals surface area contributed by atoms with E-state index in [0.29, 0.717) is 6.10 Å². The van der Waals surface area contributed by atoms with Crippen LogP contribution in [0.5, 0.6) is 0 Å². The van der Waals surface area contributed by atoms with E-state index in [0.717, 1.165) is 6.61 Å². The number of rotatable bonds is 1. The van der Waals surface area contributed by atoms with Crippen LogP contribution in [0.4, 0.5) is 0 Å². The molecule has 2 heterocycles. The van der Waals surface area contributed by atoms with Crippen molar-refractivity contribution in [3.05, 3.63) is 23.0 Å². The van der Waals surface area contributed by atoms with Gasteiger partial charge in [0, 0.05) is 24.0 Å². The Bertz CT molecular complexity index is 284. The predicted octanol–water partition coefficient (Wildman–Crippen LogP) is 1.71. The molecule has 60 valence electrons. The standard InChI is InChI=1S/C9H13NO/c1-6-4-8(9-5-11-9)7(2)10(6)3/h4,9H,5H2,1-3H3/t9-/m1/s1. The largest absolute Gasteiger partial charge is 0.368 e. The van der Waals surface area contributed by atoms with Crippen molar-refractivity contribution in [1.29, 1.82) is 0 Å². The molecule has 11 heavy (non-hydrogen) atoms. The van der Waals surface area contributed by atoms with Crippen molar-refractivity contribution in [3.8, 4) is 0 Å². The Balaban J connectivity index is 2.46. The fraction of sp³-hybridized carbons (Fsp3) is 0.556. The summed E-state index contributed by atoms with van der Waals surface area (Å²) < 4.78 is 7.44. The molecule has 1 aliphatic heterocycles. The van der Waals surface area contributed by atoms with E-state index in [-0.39, 0.29) is 0 Å². The van der Waals surface area contributed by atoms with Gasteiger partial charge in [-0.05, 0) is 19.9 Å². The summed E-state index contributed by atoms with van der Waals surface area (Å²) in [6.07, 6.45) is 0.398. The van der Waals surface area contributed by atoms with Crippen LogP contribution < -0.4 is 0 Å². The Kier molecular flexibility index (Phi) is 1.33. The average Bonchev–Trinajstić information content (AvgIpc) is 2.76. The third kappa shape index (κ3) is 0.979. The first-order valence-corrected chi connectivity index (χ1v) is 3.94. The molecule has 1 saturated heterocycles. The van der Waals surface area contributed by atoms with E-state index >= 15 is 0 Å². The summed E-state index contributed by atoms with van der Waals surface area (Å²) in [5, 5.41) is 0. The summed E-state index contributed by atoms with van der Waals surface area (Å²) in [7, 11) is 2.09. The molecule has 0 spiro atoms. The van der Waals surface area contributed by atoms with Crippen LogP contribution in [0.15, 0.2) is 6.07 Å². The van der Waals surface area contributed by atoms with Crippen LogP contribution in [0.1, 0.15) is 23.1 Å². The molecule has 0 aromatic carbocycles. The summed E-state index contributed by atoms with van der Waals surface area (Å²) in [5.74, 6) is 0. The molecule has 0 amide bonds. The first-order valence-electron chi connectivity index (χ1n) is 3.94. The molecular formula is C9H13NO. The van der Waals surface area contributed by atoms with Crippen molar-refractivity contribution in [2.75, 3.05) is 6.61 Å². The SMILES string of the molecule is Cc1cc([C@H]2CO2)c(C)n1C. The lowest BCUT2D eigenvalue weighted by atomic mass is 10.2. The van der Waals surface area contributed by atoms with Gasteiger partial charge in [-0.3, -0.25) is 0 Å². The maximum absolute atomic E-state index is 5.23. The normalized spacial score (nSPS) is 22.3. The zero-order valence-corrected chi connectivity index (χ0v) is 7.22. The summed E-state index contributed by atoms with van der Waals surface area (Å²) in [6, 6.07) is 2.22. The van der Waals surface area contributed by atoms with Gasteiger partial charge in [-0.2, -0.15) is 0 Å². The van der Waals surface area contributed by atoms with Crippen molar-refractivity contribution >= 4 is 0 Å². The fourth-order valence-corrected chi connectivity index (χ4v) is 1.44. The zero-order chi connectivity index (χ0) is 8.01. The minimum Gasteiger partial charge on any atom is -0.368 e. The third-order valence-electron chi connectivity index (χ3n) is 2.49. The van der Waals surface area contributed by atoms with E-state index in [1.165, 1.54) is 17.0 Å². The monoisotopic (exact) mass is 151 g/mol. The Hall–Kier alpha value is -0.760. The van der Waals surface area contributed by atoms with E-state index in [2.05, 4.69) is 31.5 Å². The zero-order valence-electron chi connectivity index (χ0n) is 7.22. The lowest BCUT2D eigenvalue weighted by molar-refractivity contribution is 0.414. The maximum atomic E-state index is 5.23. The highest BCUT2D eigenvalue weighted by molar-refractivity contribution is 5.30. The highest BCUT2D eigenvalue weighted by Crippen LogP contribution is 2.33. The van der Waals surface area contributed by atoms with E-state index in [4.69, 9.17) is 4.74 Å². The van der Waals surface area contributed by atoms with E-state index in [9.17, 15) is 0 Å². The molecule has 0 aliphatic carbocycles. The van der Waals surface area contributed by atoms with Gasteiger partial charge in [0.1, 0.15) is 6.10 Å². The Labute approximate surface area is 66.8 Å². The van der Waals surface area contributed by atoms with E-state index in [1.54, 1.807) is 0 Å². The average molecular weight is 151 g/mol. The smallest absolute Gasteiger partial charge is 0.108 e. The lowest BCUT2D eigenvalue weighted by Gasteiger charge is -1.99. The summed E-state index contributed by atoms with van der Waals surface area (Å²) in [6.45, 7) is 5.17. The van der Waals surface area contributed by atoms with Crippen LogP contribution >= 0.6 is 0 Å². The second-order valence-corrected chi connectivity index (χ2v) is 3.21. The molecule has 1 atom stereocenters. The highest BCUT2D eigenvalue weighted by Gasteiger charge is 2.28.